The number of hydrogen-bond acceptors (Lipinski definition) is 3. The van der Waals surface area contributed by atoms with Gasteiger partial charge in [0.05, 0.1) is 0 Å². The highest BCUT2D eigenvalue weighted by Crippen LogP contribution is 2.15. The van der Waals surface area contributed by atoms with Crippen LogP contribution in [0.1, 0.15) is 20.3 Å². The van der Waals surface area contributed by atoms with Crippen LogP contribution in [-0.2, 0) is 0 Å². The Morgan fingerprint density at radius 3 is 2.85 bits per heavy atom. The van der Waals surface area contributed by atoms with Crippen molar-refractivity contribution in [2.75, 3.05) is 39.3 Å². The molecule has 1 heterocycles. The van der Waals surface area contributed by atoms with Crippen LogP contribution in [0.3, 0.4) is 0 Å². The summed E-state index contributed by atoms with van der Waals surface area (Å²) in [5.41, 5.74) is 0. The molecule has 1 fully saturated rings. The monoisotopic (exact) mass is 276 g/mol. The molecule has 3 heteroatoms. The van der Waals surface area contributed by atoms with E-state index < -0.39 is 0 Å². The zero-order valence-corrected chi connectivity index (χ0v) is 12.8. The lowest BCUT2D eigenvalue weighted by Gasteiger charge is -2.17. The van der Waals surface area contributed by atoms with Crippen LogP contribution < -0.4 is 10.1 Å². The maximum absolute atomic E-state index is 5.76. The van der Waals surface area contributed by atoms with Gasteiger partial charge in [0.2, 0.25) is 0 Å². The Morgan fingerprint density at radius 1 is 1.30 bits per heavy atom. The topological polar surface area (TPSA) is 24.5 Å². The van der Waals surface area contributed by atoms with Gasteiger partial charge in [-0.05, 0) is 50.0 Å². The predicted octanol–water partition coefficient (Wildman–Crippen LogP) is 2.63. The SMILES string of the molecule is CC(C)CNCC1CCN(CCOc2ccccc2)C1. The molecule has 2 rings (SSSR count). The quantitative estimate of drug-likeness (QED) is 0.790. The summed E-state index contributed by atoms with van der Waals surface area (Å²) in [7, 11) is 0. The van der Waals surface area contributed by atoms with Crippen molar-refractivity contribution in [3.05, 3.63) is 30.3 Å². The van der Waals surface area contributed by atoms with Gasteiger partial charge in [0.25, 0.3) is 0 Å². The van der Waals surface area contributed by atoms with Crippen molar-refractivity contribution in [1.82, 2.24) is 10.2 Å². The number of para-hydroxylation sites is 1. The van der Waals surface area contributed by atoms with Crippen LogP contribution in [0.4, 0.5) is 0 Å². The van der Waals surface area contributed by atoms with E-state index in [1.165, 1.54) is 19.5 Å². The molecular weight excluding hydrogens is 248 g/mol. The molecule has 1 atom stereocenters. The Kier molecular flexibility index (Phi) is 6.34. The average molecular weight is 276 g/mol. The zero-order valence-electron chi connectivity index (χ0n) is 12.8. The second-order valence-electron chi connectivity index (χ2n) is 6.17. The fraction of sp³-hybridized carbons (Fsp3) is 0.647. The fourth-order valence-electron chi connectivity index (χ4n) is 2.67. The van der Waals surface area contributed by atoms with E-state index in [9.17, 15) is 0 Å². The number of nitrogens with zero attached hydrogens (tertiary/aromatic N) is 1. The molecule has 112 valence electrons. The number of hydrogen-bond donors (Lipinski definition) is 1. The number of rotatable bonds is 8. The Morgan fingerprint density at radius 2 is 2.10 bits per heavy atom. The fourth-order valence-corrected chi connectivity index (χ4v) is 2.67. The van der Waals surface area contributed by atoms with Crippen molar-refractivity contribution in [2.24, 2.45) is 11.8 Å². The van der Waals surface area contributed by atoms with Crippen molar-refractivity contribution in [3.8, 4) is 5.75 Å². The summed E-state index contributed by atoms with van der Waals surface area (Å²) in [6, 6.07) is 10.1. The molecule has 1 N–H and O–H groups in total. The molecule has 0 spiro atoms. The summed E-state index contributed by atoms with van der Waals surface area (Å²) < 4.78 is 5.76. The summed E-state index contributed by atoms with van der Waals surface area (Å²) in [6.45, 7) is 11.1. The average Bonchev–Trinajstić information content (AvgIpc) is 2.87. The number of likely N-dealkylation sites (tertiary alicyclic amines) is 1. The van der Waals surface area contributed by atoms with Gasteiger partial charge < -0.3 is 10.1 Å². The smallest absolute Gasteiger partial charge is 0.119 e. The molecule has 1 aromatic rings. The maximum atomic E-state index is 5.76. The molecule has 0 bridgehead atoms. The van der Waals surface area contributed by atoms with Crippen molar-refractivity contribution < 1.29 is 4.74 Å². The molecule has 0 radical (unpaired) electrons. The van der Waals surface area contributed by atoms with Gasteiger partial charge in [0.15, 0.2) is 0 Å². The summed E-state index contributed by atoms with van der Waals surface area (Å²) >= 11 is 0. The molecule has 0 amide bonds. The number of benzene rings is 1. The van der Waals surface area contributed by atoms with E-state index in [1.807, 2.05) is 30.3 Å². The van der Waals surface area contributed by atoms with Gasteiger partial charge in [-0.1, -0.05) is 32.0 Å². The summed E-state index contributed by atoms with van der Waals surface area (Å²) in [4.78, 5) is 2.52. The Hall–Kier alpha value is -1.06. The maximum Gasteiger partial charge on any atom is 0.119 e. The lowest BCUT2D eigenvalue weighted by molar-refractivity contribution is 0.232. The second-order valence-corrected chi connectivity index (χ2v) is 6.17. The highest BCUT2D eigenvalue weighted by molar-refractivity contribution is 5.20. The van der Waals surface area contributed by atoms with Crippen LogP contribution >= 0.6 is 0 Å². The van der Waals surface area contributed by atoms with Crippen LogP contribution in [0.25, 0.3) is 0 Å². The Balaban J connectivity index is 1.57. The van der Waals surface area contributed by atoms with Crippen molar-refractivity contribution in [3.63, 3.8) is 0 Å². The minimum absolute atomic E-state index is 0.742. The van der Waals surface area contributed by atoms with E-state index >= 15 is 0 Å². The molecule has 0 aliphatic carbocycles. The standard InChI is InChI=1S/C17H28N2O/c1-15(2)12-18-13-16-8-9-19(14-16)10-11-20-17-6-4-3-5-7-17/h3-7,15-16,18H,8-14H2,1-2H3. The van der Waals surface area contributed by atoms with Crippen molar-refractivity contribution >= 4 is 0 Å². The molecule has 1 unspecified atom stereocenters. The predicted molar refractivity (Wildman–Crippen MR) is 84.2 cm³/mol. The van der Waals surface area contributed by atoms with E-state index in [4.69, 9.17) is 4.74 Å². The van der Waals surface area contributed by atoms with Crippen LogP contribution in [-0.4, -0.2) is 44.2 Å². The van der Waals surface area contributed by atoms with Gasteiger partial charge in [-0.15, -0.1) is 0 Å². The minimum Gasteiger partial charge on any atom is -0.492 e. The normalized spacial score (nSPS) is 19.6. The molecule has 1 aromatic carbocycles. The third kappa shape index (κ3) is 5.51. The molecule has 0 aromatic heterocycles. The second kappa shape index (κ2) is 8.28. The molecule has 1 aliphatic heterocycles. The van der Waals surface area contributed by atoms with Crippen molar-refractivity contribution in [2.45, 2.75) is 20.3 Å². The van der Waals surface area contributed by atoms with Crippen molar-refractivity contribution in [1.29, 1.82) is 0 Å². The lowest BCUT2D eigenvalue weighted by atomic mass is 10.1. The highest BCUT2D eigenvalue weighted by atomic mass is 16.5. The number of nitrogens with one attached hydrogen (secondary N) is 1. The van der Waals surface area contributed by atoms with Gasteiger partial charge in [-0.3, -0.25) is 4.90 Å². The lowest BCUT2D eigenvalue weighted by Crippen LogP contribution is -2.30. The van der Waals surface area contributed by atoms with E-state index in [1.54, 1.807) is 0 Å². The van der Waals surface area contributed by atoms with Gasteiger partial charge in [-0.25, -0.2) is 0 Å². The van der Waals surface area contributed by atoms with E-state index in [0.29, 0.717) is 0 Å². The molecule has 1 aliphatic rings. The van der Waals surface area contributed by atoms with Crippen LogP contribution in [0.5, 0.6) is 5.75 Å². The first-order valence-corrected chi connectivity index (χ1v) is 7.85. The van der Waals surface area contributed by atoms with Crippen LogP contribution in [0.2, 0.25) is 0 Å². The highest BCUT2D eigenvalue weighted by Gasteiger charge is 2.21. The molecular formula is C17H28N2O. The Labute approximate surface area is 123 Å². The largest absolute Gasteiger partial charge is 0.492 e. The minimum atomic E-state index is 0.742. The zero-order chi connectivity index (χ0) is 14.2. The Bertz CT molecular complexity index is 367. The van der Waals surface area contributed by atoms with E-state index in [0.717, 1.165) is 43.8 Å². The molecule has 0 saturated carbocycles. The van der Waals surface area contributed by atoms with E-state index in [2.05, 4.69) is 24.1 Å². The first-order valence-electron chi connectivity index (χ1n) is 7.85. The third-order valence-corrected chi connectivity index (χ3v) is 3.78. The molecule has 3 nitrogen and oxygen atoms in total. The van der Waals surface area contributed by atoms with Gasteiger partial charge in [0, 0.05) is 13.1 Å². The summed E-state index contributed by atoms with van der Waals surface area (Å²) in [5.74, 6) is 2.53. The van der Waals surface area contributed by atoms with Crippen LogP contribution in [0.15, 0.2) is 30.3 Å². The first kappa shape index (κ1) is 15.3. The summed E-state index contributed by atoms with van der Waals surface area (Å²) in [5, 5.41) is 3.57. The first-order chi connectivity index (χ1) is 9.74. The molecule has 1 saturated heterocycles. The summed E-state index contributed by atoms with van der Waals surface area (Å²) in [6.07, 6.45) is 1.32. The van der Waals surface area contributed by atoms with Gasteiger partial charge in [0.1, 0.15) is 12.4 Å². The van der Waals surface area contributed by atoms with Gasteiger partial charge in [-0.2, -0.15) is 0 Å². The number of ether oxygens (including phenoxy) is 1. The third-order valence-electron chi connectivity index (χ3n) is 3.78. The molecule has 20 heavy (non-hydrogen) atoms. The van der Waals surface area contributed by atoms with Crippen LogP contribution in [0, 0.1) is 11.8 Å². The van der Waals surface area contributed by atoms with Gasteiger partial charge >= 0.3 is 0 Å². The van der Waals surface area contributed by atoms with E-state index in [-0.39, 0.29) is 0 Å².